The lowest BCUT2D eigenvalue weighted by Gasteiger charge is -1.89. The number of rotatable bonds is 1. The number of esters is 1. The Morgan fingerprint density at radius 2 is 2.38 bits per heavy atom. The van der Waals surface area contributed by atoms with Crippen molar-refractivity contribution in [1.29, 1.82) is 0 Å². The van der Waals surface area contributed by atoms with E-state index < -0.39 is 5.97 Å². The van der Waals surface area contributed by atoms with Crippen LogP contribution in [0.25, 0.3) is 0 Å². The first-order valence-corrected chi connectivity index (χ1v) is 3.97. The molecule has 13 heavy (non-hydrogen) atoms. The Morgan fingerprint density at radius 1 is 1.62 bits per heavy atom. The molecule has 3 heteroatoms. The number of aryl methyl sites for hydroxylation is 1. The van der Waals surface area contributed by atoms with Crippen LogP contribution >= 0.6 is 0 Å². The van der Waals surface area contributed by atoms with Gasteiger partial charge in [-0.25, -0.2) is 4.79 Å². The number of ether oxygens (including phenoxy) is 1. The molecule has 1 rings (SSSR count). The number of carbonyl (C=O) groups is 1. The van der Waals surface area contributed by atoms with E-state index in [-0.39, 0.29) is 0 Å². The summed E-state index contributed by atoms with van der Waals surface area (Å²) in [5.41, 5.74) is 0. The fourth-order valence-corrected chi connectivity index (χ4v) is 0.782. The summed E-state index contributed by atoms with van der Waals surface area (Å²) in [5, 5.41) is 0. The van der Waals surface area contributed by atoms with Crippen LogP contribution in [0.2, 0.25) is 0 Å². The predicted octanol–water partition coefficient (Wildman–Crippen LogP) is 1.50. The van der Waals surface area contributed by atoms with Crippen molar-refractivity contribution in [3.63, 3.8) is 0 Å². The van der Waals surface area contributed by atoms with Gasteiger partial charge in [-0.05, 0) is 31.9 Å². The summed E-state index contributed by atoms with van der Waals surface area (Å²) in [7, 11) is 0. The van der Waals surface area contributed by atoms with Gasteiger partial charge in [0.25, 0.3) is 0 Å². The third kappa shape index (κ3) is 3.04. The Labute approximate surface area is 76.7 Å². The highest BCUT2D eigenvalue weighted by molar-refractivity contribution is 5.88. The maximum Gasteiger partial charge on any atom is 0.384 e. The Kier molecular flexibility index (Phi) is 3.15. The molecule has 3 nitrogen and oxygen atoms in total. The minimum Gasteiger partial charge on any atom is -0.456 e. The van der Waals surface area contributed by atoms with Crippen LogP contribution < -0.4 is 0 Å². The van der Waals surface area contributed by atoms with Gasteiger partial charge in [-0.15, -0.1) is 0 Å². The van der Waals surface area contributed by atoms with Gasteiger partial charge in [0.2, 0.25) is 0 Å². The first kappa shape index (κ1) is 9.40. The molecule has 0 saturated carbocycles. The molecule has 0 aliphatic carbocycles. The van der Waals surface area contributed by atoms with E-state index in [0.29, 0.717) is 12.4 Å². The molecular weight excluding hydrogens is 168 g/mol. The highest BCUT2D eigenvalue weighted by Gasteiger charge is 1.95. The lowest BCUT2D eigenvalue weighted by molar-refractivity contribution is -0.136. The smallest absolute Gasteiger partial charge is 0.384 e. The van der Waals surface area contributed by atoms with Gasteiger partial charge in [-0.1, -0.05) is 0 Å². The van der Waals surface area contributed by atoms with Gasteiger partial charge in [0.1, 0.15) is 5.76 Å². The second-order valence-electron chi connectivity index (χ2n) is 2.38. The Morgan fingerprint density at radius 3 is 2.92 bits per heavy atom. The van der Waals surface area contributed by atoms with Gasteiger partial charge >= 0.3 is 5.97 Å². The van der Waals surface area contributed by atoms with Crippen LogP contribution in [-0.2, 0) is 9.53 Å². The molecular formula is C10H10O3. The van der Waals surface area contributed by atoms with Crippen molar-refractivity contribution < 1.29 is 13.9 Å². The van der Waals surface area contributed by atoms with E-state index in [0.717, 1.165) is 5.76 Å². The van der Waals surface area contributed by atoms with Crippen LogP contribution in [0.15, 0.2) is 16.5 Å². The molecule has 0 aromatic carbocycles. The van der Waals surface area contributed by atoms with Gasteiger partial charge in [-0.3, -0.25) is 0 Å². The topological polar surface area (TPSA) is 39.4 Å². The van der Waals surface area contributed by atoms with Crippen molar-refractivity contribution in [2.45, 2.75) is 13.8 Å². The zero-order chi connectivity index (χ0) is 9.68. The molecule has 0 bridgehead atoms. The van der Waals surface area contributed by atoms with E-state index in [2.05, 4.69) is 16.6 Å². The number of carbonyl (C=O) groups excluding carboxylic acids is 1. The zero-order valence-electron chi connectivity index (χ0n) is 7.59. The van der Waals surface area contributed by atoms with Crippen molar-refractivity contribution in [2.75, 3.05) is 6.61 Å². The van der Waals surface area contributed by atoms with Crippen LogP contribution in [0, 0.1) is 18.8 Å². The highest BCUT2D eigenvalue weighted by Crippen LogP contribution is 2.03. The van der Waals surface area contributed by atoms with E-state index in [1.807, 2.05) is 6.92 Å². The molecule has 0 aliphatic heterocycles. The van der Waals surface area contributed by atoms with E-state index in [1.165, 1.54) is 0 Å². The van der Waals surface area contributed by atoms with Crippen molar-refractivity contribution in [3.05, 3.63) is 23.7 Å². The van der Waals surface area contributed by atoms with Crippen LogP contribution in [-0.4, -0.2) is 12.6 Å². The average molecular weight is 178 g/mol. The summed E-state index contributed by atoms with van der Waals surface area (Å²) >= 11 is 0. The third-order valence-corrected chi connectivity index (χ3v) is 1.30. The first-order chi connectivity index (χ1) is 6.22. The molecule has 0 fully saturated rings. The average Bonchev–Trinajstić information content (AvgIpc) is 2.49. The summed E-state index contributed by atoms with van der Waals surface area (Å²) in [6, 6.07) is 3.50. The number of furan rings is 1. The second-order valence-corrected chi connectivity index (χ2v) is 2.38. The summed E-state index contributed by atoms with van der Waals surface area (Å²) < 4.78 is 9.75. The molecule has 1 aromatic heterocycles. The monoisotopic (exact) mass is 178 g/mol. The van der Waals surface area contributed by atoms with Gasteiger partial charge in [-0.2, -0.15) is 0 Å². The molecule has 68 valence electrons. The molecule has 0 amide bonds. The first-order valence-electron chi connectivity index (χ1n) is 3.97. The SMILES string of the molecule is CCOC(=O)C#Cc1ccc(C)o1. The molecule has 1 heterocycles. The summed E-state index contributed by atoms with van der Waals surface area (Å²) in [4.78, 5) is 10.8. The standard InChI is InChI=1S/C10H10O3/c1-3-12-10(11)7-6-9-5-4-8(2)13-9/h4-5H,3H2,1-2H3. The Bertz CT molecular complexity index is 352. The molecule has 0 spiro atoms. The molecule has 0 radical (unpaired) electrons. The number of hydrogen-bond donors (Lipinski definition) is 0. The third-order valence-electron chi connectivity index (χ3n) is 1.30. The van der Waals surface area contributed by atoms with Crippen LogP contribution in [0.5, 0.6) is 0 Å². The van der Waals surface area contributed by atoms with Gasteiger partial charge in [0.15, 0.2) is 5.76 Å². The molecule has 0 saturated heterocycles. The predicted molar refractivity (Wildman–Crippen MR) is 47.0 cm³/mol. The molecule has 0 N–H and O–H groups in total. The van der Waals surface area contributed by atoms with Crippen molar-refractivity contribution in [1.82, 2.24) is 0 Å². The van der Waals surface area contributed by atoms with E-state index in [4.69, 9.17) is 4.42 Å². The summed E-state index contributed by atoms with van der Waals surface area (Å²) in [5.74, 6) is 5.58. The molecule has 0 unspecified atom stereocenters. The fraction of sp³-hybridized carbons (Fsp3) is 0.300. The quantitative estimate of drug-likeness (QED) is 0.483. The van der Waals surface area contributed by atoms with Crippen molar-refractivity contribution >= 4 is 5.97 Å². The molecule has 0 aliphatic rings. The van der Waals surface area contributed by atoms with E-state index >= 15 is 0 Å². The van der Waals surface area contributed by atoms with E-state index in [1.54, 1.807) is 19.1 Å². The largest absolute Gasteiger partial charge is 0.456 e. The lowest BCUT2D eigenvalue weighted by Crippen LogP contribution is -1.99. The fourth-order valence-electron chi connectivity index (χ4n) is 0.782. The minimum absolute atomic E-state index is 0.338. The Hall–Kier alpha value is -1.69. The van der Waals surface area contributed by atoms with Crippen LogP contribution in [0.4, 0.5) is 0 Å². The van der Waals surface area contributed by atoms with Gasteiger partial charge < -0.3 is 9.15 Å². The maximum atomic E-state index is 10.8. The lowest BCUT2D eigenvalue weighted by atomic mass is 10.4. The van der Waals surface area contributed by atoms with E-state index in [9.17, 15) is 4.79 Å². The molecule has 0 atom stereocenters. The second kappa shape index (κ2) is 4.36. The van der Waals surface area contributed by atoms with Gasteiger partial charge in [0.05, 0.1) is 6.61 Å². The highest BCUT2D eigenvalue weighted by atomic mass is 16.5. The maximum absolute atomic E-state index is 10.8. The summed E-state index contributed by atoms with van der Waals surface area (Å²) in [6.07, 6.45) is 0. The van der Waals surface area contributed by atoms with Crippen LogP contribution in [0.3, 0.4) is 0 Å². The van der Waals surface area contributed by atoms with Gasteiger partial charge in [0, 0.05) is 5.92 Å². The normalized spacial score (nSPS) is 8.77. The van der Waals surface area contributed by atoms with Crippen molar-refractivity contribution in [2.24, 2.45) is 0 Å². The minimum atomic E-state index is -0.531. The molecule has 1 aromatic rings. The number of hydrogen-bond acceptors (Lipinski definition) is 3. The summed E-state index contributed by atoms with van der Waals surface area (Å²) in [6.45, 7) is 3.89. The van der Waals surface area contributed by atoms with Crippen molar-refractivity contribution in [3.8, 4) is 11.8 Å². The van der Waals surface area contributed by atoms with Crippen LogP contribution in [0.1, 0.15) is 18.4 Å². The Balaban J connectivity index is 2.62. The zero-order valence-corrected chi connectivity index (χ0v) is 7.59.